The molecule has 0 saturated carbocycles. The molecular formula is C11H15NOS. The lowest BCUT2D eigenvalue weighted by molar-refractivity contribution is 0.322. The summed E-state index contributed by atoms with van der Waals surface area (Å²) in [5.41, 5.74) is 0.954. The number of hydrogen-bond acceptors (Lipinski definition) is 3. The molecule has 0 bridgehead atoms. The average Bonchev–Trinajstić information content (AvgIpc) is 2.06. The van der Waals surface area contributed by atoms with E-state index in [1.165, 1.54) is 6.21 Å². The average molecular weight is 209 g/mol. The molecule has 0 saturated heterocycles. The molecule has 0 atom stereocenters. The van der Waals surface area contributed by atoms with Gasteiger partial charge in [0, 0.05) is 15.2 Å². The first-order valence-corrected chi connectivity index (χ1v) is 5.30. The summed E-state index contributed by atoms with van der Waals surface area (Å²) in [6, 6.07) is 7.90. The van der Waals surface area contributed by atoms with E-state index in [1.807, 2.05) is 24.3 Å². The van der Waals surface area contributed by atoms with Crippen LogP contribution in [0.25, 0.3) is 0 Å². The zero-order chi connectivity index (χ0) is 10.6. The molecule has 0 aliphatic heterocycles. The van der Waals surface area contributed by atoms with E-state index < -0.39 is 0 Å². The van der Waals surface area contributed by atoms with Gasteiger partial charge in [-0.05, 0) is 6.07 Å². The van der Waals surface area contributed by atoms with Gasteiger partial charge in [-0.1, -0.05) is 44.1 Å². The molecular weight excluding hydrogens is 194 g/mol. The Labute approximate surface area is 89.0 Å². The topological polar surface area (TPSA) is 32.6 Å². The monoisotopic (exact) mass is 209 g/mol. The molecule has 1 N–H and O–H groups in total. The Balaban J connectivity index is 2.96. The van der Waals surface area contributed by atoms with Crippen LogP contribution in [0.1, 0.15) is 26.3 Å². The molecule has 0 aromatic heterocycles. The minimum atomic E-state index is 0.166. The standard InChI is InChI=1S/C11H15NOS/c1-11(2,3)14-10-7-5-4-6-9(10)8-12-13/h4-8,13H,1-3H3/b12-8-. The van der Waals surface area contributed by atoms with E-state index in [0.29, 0.717) is 0 Å². The van der Waals surface area contributed by atoms with Crippen LogP contribution in [0.5, 0.6) is 0 Å². The van der Waals surface area contributed by atoms with Crippen molar-refractivity contribution in [2.45, 2.75) is 30.4 Å². The lowest BCUT2D eigenvalue weighted by Gasteiger charge is -2.18. The van der Waals surface area contributed by atoms with Gasteiger partial charge >= 0.3 is 0 Å². The van der Waals surface area contributed by atoms with Gasteiger partial charge in [-0.2, -0.15) is 0 Å². The van der Waals surface area contributed by atoms with Crippen molar-refractivity contribution in [3.63, 3.8) is 0 Å². The van der Waals surface area contributed by atoms with Crippen LogP contribution in [0.2, 0.25) is 0 Å². The molecule has 0 aliphatic carbocycles. The normalized spacial score (nSPS) is 12.2. The van der Waals surface area contributed by atoms with E-state index in [2.05, 4.69) is 25.9 Å². The molecule has 0 heterocycles. The highest BCUT2D eigenvalue weighted by atomic mass is 32.2. The lowest BCUT2D eigenvalue weighted by Crippen LogP contribution is -2.07. The van der Waals surface area contributed by atoms with Crippen molar-refractivity contribution in [1.82, 2.24) is 0 Å². The molecule has 0 radical (unpaired) electrons. The second-order valence-electron chi connectivity index (χ2n) is 4.00. The highest BCUT2D eigenvalue weighted by Gasteiger charge is 2.13. The third-order valence-corrected chi connectivity index (χ3v) is 2.74. The Bertz CT molecular complexity index is 328. The molecule has 14 heavy (non-hydrogen) atoms. The maximum atomic E-state index is 8.50. The first-order valence-electron chi connectivity index (χ1n) is 4.48. The van der Waals surface area contributed by atoms with Gasteiger partial charge in [0.1, 0.15) is 0 Å². The van der Waals surface area contributed by atoms with Gasteiger partial charge in [-0.25, -0.2) is 0 Å². The number of rotatable bonds is 2. The maximum absolute atomic E-state index is 8.50. The van der Waals surface area contributed by atoms with E-state index in [4.69, 9.17) is 5.21 Å². The Kier molecular flexibility index (Phi) is 3.58. The number of nitrogens with zero attached hydrogens (tertiary/aromatic N) is 1. The molecule has 0 spiro atoms. The number of hydrogen-bond donors (Lipinski definition) is 1. The summed E-state index contributed by atoms with van der Waals surface area (Å²) in [6.45, 7) is 6.47. The first-order chi connectivity index (χ1) is 6.53. The molecule has 1 aromatic carbocycles. The van der Waals surface area contributed by atoms with Crippen LogP contribution in [0.3, 0.4) is 0 Å². The van der Waals surface area contributed by atoms with Crippen LogP contribution in [-0.4, -0.2) is 16.2 Å². The fraction of sp³-hybridized carbons (Fsp3) is 0.364. The van der Waals surface area contributed by atoms with E-state index in [0.717, 1.165) is 10.5 Å². The fourth-order valence-electron chi connectivity index (χ4n) is 1.07. The minimum absolute atomic E-state index is 0.166. The van der Waals surface area contributed by atoms with E-state index in [1.54, 1.807) is 11.8 Å². The third-order valence-electron chi connectivity index (χ3n) is 1.53. The predicted molar refractivity (Wildman–Crippen MR) is 61.4 cm³/mol. The molecule has 0 fully saturated rings. The van der Waals surface area contributed by atoms with Gasteiger partial charge in [-0.15, -0.1) is 11.8 Å². The van der Waals surface area contributed by atoms with Crippen molar-refractivity contribution in [2.24, 2.45) is 5.16 Å². The van der Waals surface area contributed by atoms with Gasteiger partial charge in [0.2, 0.25) is 0 Å². The molecule has 76 valence electrons. The van der Waals surface area contributed by atoms with Crippen LogP contribution in [0, 0.1) is 0 Å². The summed E-state index contributed by atoms with van der Waals surface area (Å²) < 4.78 is 0.166. The van der Waals surface area contributed by atoms with Gasteiger partial charge < -0.3 is 5.21 Å². The summed E-state index contributed by atoms with van der Waals surface area (Å²) in [4.78, 5) is 1.14. The van der Waals surface area contributed by atoms with E-state index >= 15 is 0 Å². The smallest absolute Gasteiger partial charge is 0.0745 e. The summed E-state index contributed by atoms with van der Waals surface area (Å²) in [7, 11) is 0. The number of thioether (sulfide) groups is 1. The van der Waals surface area contributed by atoms with Crippen LogP contribution in [-0.2, 0) is 0 Å². The molecule has 2 nitrogen and oxygen atoms in total. The van der Waals surface area contributed by atoms with Crippen LogP contribution in [0.15, 0.2) is 34.3 Å². The van der Waals surface area contributed by atoms with Crippen molar-refractivity contribution in [1.29, 1.82) is 0 Å². The number of oxime groups is 1. The molecule has 1 aromatic rings. The summed E-state index contributed by atoms with van der Waals surface area (Å²) in [6.07, 6.45) is 1.47. The highest BCUT2D eigenvalue weighted by molar-refractivity contribution is 8.00. The van der Waals surface area contributed by atoms with Crippen LogP contribution >= 0.6 is 11.8 Å². The van der Waals surface area contributed by atoms with Crippen molar-refractivity contribution in [3.05, 3.63) is 29.8 Å². The second kappa shape index (κ2) is 4.51. The summed E-state index contributed by atoms with van der Waals surface area (Å²) in [5.74, 6) is 0. The van der Waals surface area contributed by atoms with Crippen LogP contribution in [0.4, 0.5) is 0 Å². The first kappa shape index (κ1) is 11.1. The molecule has 1 rings (SSSR count). The SMILES string of the molecule is CC(C)(C)Sc1ccccc1/C=N\O. The lowest BCUT2D eigenvalue weighted by atomic mass is 10.2. The largest absolute Gasteiger partial charge is 0.411 e. The Morgan fingerprint density at radius 2 is 1.93 bits per heavy atom. The second-order valence-corrected chi connectivity index (χ2v) is 5.87. The van der Waals surface area contributed by atoms with Gasteiger partial charge in [-0.3, -0.25) is 0 Å². The van der Waals surface area contributed by atoms with Gasteiger partial charge in [0.05, 0.1) is 6.21 Å². The maximum Gasteiger partial charge on any atom is 0.0745 e. The summed E-state index contributed by atoms with van der Waals surface area (Å²) >= 11 is 1.76. The van der Waals surface area contributed by atoms with Gasteiger partial charge in [0.15, 0.2) is 0 Å². The Morgan fingerprint density at radius 1 is 1.29 bits per heavy atom. The molecule has 0 unspecified atom stereocenters. The predicted octanol–water partition coefficient (Wildman–Crippen LogP) is 3.39. The third kappa shape index (κ3) is 3.42. The molecule has 3 heteroatoms. The Morgan fingerprint density at radius 3 is 2.50 bits per heavy atom. The number of benzene rings is 1. The molecule has 0 aliphatic rings. The highest BCUT2D eigenvalue weighted by Crippen LogP contribution is 2.33. The van der Waals surface area contributed by atoms with Crippen molar-refractivity contribution in [2.75, 3.05) is 0 Å². The zero-order valence-electron chi connectivity index (χ0n) is 8.69. The molecule has 0 amide bonds. The van der Waals surface area contributed by atoms with E-state index in [9.17, 15) is 0 Å². The van der Waals surface area contributed by atoms with Crippen molar-refractivity contribution >= 4 is 18.0 Å². The van der Waals surface area contributed by atoms with Gasteiger partial charge in [0.25, 0.3) is 0 Å². The van der Waals surface area contributed by atoms with Crippen LogP contribution < -0.4 is 0 Å². The summed E-state index contributed by atoms with van der Waals surface area (Å²) in [5, 5.41) is 11.6. The quantitative estimate of drug-likeness (QED) is 0.350. The van der Waals surface area contributed by atoms with E-state index in [-0.39, 0.29) is 4.75 Å². The Hall–Kier alpha value is -0.960. The van der Waals surface area contributed by atoms with Crippen molar-refractivity contribution < 1.29 is 5.21 Å². The minimum Gasteiger partial charge on any atom is -0.411 e. The fourth-order valence-corrected chi connectivity index (χ4v) is 2.12. The van der Waals surface area contributed by atoms with Crippen molar-refractivity contribution in [3.8, 4) is 0 Å². The zero-order valence-corrected chi connectivity index (χ0v) is 9.51.